The van der Waals surface area contributed by atoms with Crippen LogP contribution < -0.4 is 5.73 Å². The molecule has 4 atom stereocenters. The number of hydrogen-bond acceptors (Lipinski definition) is 3. The second-order valence-electron chi connectivity index (χ2n) is 6.26. The summed E-state index contributed by atoms with van der Waals surface area (Å²) in [7, 11) is 1.87. The fourth-order valence-electron chi connectivity index (χ4n) is 4.68. The van der Waals surface area contributed by atoms with Gasteiger partial charge in [0, 0.05) is 26.2 Å². The van der Waals surface area contributed by atoms with E-state index in [9.17, 15) is 0 Å². The molecule has 98 valence electrons. The summed E-state index contributed by atoms with van der Waals surface area (Å²) < 4.78 is 5.80. The third kappa shape index (κ3) is 1.74. The van der Waals surface area contributed by atoms with E-state index in [1.807, 2.05) is 7.11 Å². The first-order valence-corrected chi connectivity index (χ1v) is 7.30. The Labute approximate surface area is 105 Å². The number of likely N-dealkylation sites (tertiary alicyclic amines) is 1. The summed E-state index contributed by atoms with van der Waals surface area (Å²) in [4.78, 5) is 2.74. The van der Waals surface area contributed by atoms with Crippen LogP contribution in [0.25, 0.3) is 0 Å². The normalized spacial score (nSPS) is 46.6. The van der Waals surface area contributed by atoms with Gasteiger partial charge in [-0.3, -0.25) is 4.90 Å². The minimum Gasteiger partial charge on any atom is -0.379 e. The molecular formula is C14H26N2O. The SMILES string of the molecule is COC1CCCCC1(CN)N1CC2CCC1C2. The van der Waals surface area contributed by atoms with Gasteiger partial charge in [0.2, 0.25) is 0 Å². The first kappa shape index (κ1) is 11.9. The fraction of sp³-hybridized carbons (Fsp3) is 1.00. The molecule has 3 rings (SSSR count). The fourth-order valence-corrected chi connectivity index (χ4v) is 4.68. The van der Waals surface area contributed by atoms with E-state index in [0.717, 1.165) is 18.5 Å². The number of nitrogens with two attached hydrogens (primary N) is 1. The van der Waals surface area contributed by atoms with E-state index in [1.165, 1.54) is 51.5 Å². The number of piperidine rings is 1. The van der Waals surface area contributed by atoms with Crippen molar-refractivity contribution in [2.45, 2.75) is 62.6 Å². The highest BCUT2D eigenvalue weighted by atomic mass is 16.5. The van der Waals surface area contributed by atoms with Gasteiger partial charge in [0.05, 0.1) is 11.6 Å². The average Bonchev–Trinajstić information content (AvgIpc) is 3.01. The Morgan fingerprint density at radius 3 is 2.76 bits per heavy atom. The van der Waals surface area contributed by atoms with Crippen molar-refractivity contribution in [3.05, 3.63) is 0 Å². The molecule has 0 amide bonds. The second kappa shape index (κ2) is 4.52. The molecule has 17 heavy (non-hydrogen) atoms. The molecule has 1 saturated heterocycles. The van der Waals surface area contributed by atoms with Crippen LogP contribution in [0.5, 0.6) is 0 Å². The highest BCUT2D eigenvalue weighted by Crippen LogP contribution is 2.46. The predicted octanol–water partition coefficient (Wildman–Crippen LogP) is 1.76. The number of methoxy groups -OCH3 is 1. The highest BCUT2D eigenvalue weighted by Gasteiger charge is 2.52. The zero-order valence-electron chi connectivity index (χ0n) is 11.0. The van der Waals surface area contributed by atoms with Crippen molar-refractivity contribution < 1.29 is 4.74 Å². The van der Waals surface area contributed by atoms with E-state index in [2.05, 4.69) is 4.90 Å². The van der Waals surface area contributed by atoms with E-state index in [0.29, 0.717) is 6.10 Å². The predicted molar refractivity (Wildman–Crippen MR) is 68.9 cm³/mol. The standard InChI is InChI=1S/C14H26N2O/c1-17-13-4-2-3-7-14(13,10-15)16-9-11-5-6-12(16)8-11/h11-13H,2-10,15H2,1H3. The van der Waals surface area contributed by atoms with Gasteiger partial charge in [0.1, 0.15) is 0 Å². The van der Waals surface area contributed by atoms with Gasteiger partial charge in [-0.15, -0.1) is 0 Å². The Morgan fingerprint density at radius 2 is 2.18 bits per heavy atom. The van der Waals surface area contributed by atoms with Crippen molar-refractivity contribution in [3.8, 4) is 0 Å². The smallest absolute Gasteiger partial charge is 0.0767 e. The number of hydrogen-bond donors (Lipinski definition) is 1. The molecule has 2 aliphatic carbocycles. The van der Waals surface area contributed by atoms with Gasteiger partial charge >= 0.3 is 0 Å². The first-order chi connectivity index (χ1) is 8.30. The van der Waals surface area contributed by atoms with E-state index in [1.54, 1.807) is 0 Å². The van der Waals surface area contributed by atoms with Crippen LogP contribution in [0.1, 0.15) is 44.9 Å². The molecule has 4 unspecified atom stereocenters. The van der Waals surface area contributed by atoms with E-state index < -0.39 is 0 Å². The molecule has 3 aliphatic rings. The number of rotatable bonds is 3. The van der Waals surface area contributed by atoms with E-state index in [-0.39, 0.29) is 5.54 Å². The second-order valence-corrected chi connectivity index (χ2v) is 6.26. The van der Waals surface area contributed by atoms with Gasteiger partial charge in [0.15, 0.2) is 0 Å². The van der Waals surface area contributed by atoms with Crippen LogP contribution >= 0.6 is 0 Å². The van der Waals surface area contributed by atoms with Crippen molar-refractivity contribution in [2.24, 2.45) is 11.7 Å². The minimum absolute atomic E-state index is 0.160. The summed E-state index contributed by atoms with van der Waals surface area (Å²) in [6.45, 7) is 2.05. The lowest BCUT2D eigenvalue weighted by Gasteiger charge is -2.52. The monoisotopic (exact) mass is 238 g/mol. The van der Waals surface area contributed by atoms with Crippen molar-refractivity contribution in [2.75, 3.05) is 20.2 Å². The maximum absolute atomic E-state index is 6.19. The first-order valence-electron chi connectivity index (χ1n) is 7.30. The Bertz CT molecular complexity index is 283. The third-order valence-electron chi connectivity index (χ3n) is 5.54. The molecule has 1 heterocycles. The number of fused-ring (bicyclic) bond motifs is 2. The Kier molecular flexibility index (Phi) is 3.18. The lowest BCUT2D eigenvalue weighted by molar-refractivity contribution is -0.0863. The van der Waals surface area contributed by atoms with Gasteiger partial charge in [-0.2, -0.15) is 0 Å². The molecule has 3 nitrogen and oxygen atoms in total. The van der Waals surface area contributed by atoms with Crippen LogP contribution in [-0.2, 0) is 4.74 Å². The van der Waals surface area contributed by atoms with Gasteiger partial charge in [-0.05, 0) is 38.0 Å². The minimum atomic E-state index is 0.160. The third-order valence-corrected chi connectivity index (χ3v) is 5.54. The average molecular weight is 238 g/mol. The van der Waals surface area contributed by atoms with E-state index >= 15 is 0 Å². The molecule has 0 aromatic heterocycles. The maximum Gasteiger partial charge on any atom is 0.0767 e. The molecule has 0 radical (unpaired) electrons. The number of ether oxygens (including phenoxy) is 1. The van der Waals surface area contributed by atoms with Gasteiger partial charge < -0.3 is 10.5 Å². The summed E-state index contributed by atoms with van der Waals surface area (Å²) in [6, 6.07) is 0.805. The van der Waals surface area contributed by atoms with Crippen LogP contribution in [0.4, 0.5) is 0 Å². The van der Waals surface area contributed by atoms with Gasteiger partial charge in [-0.25, -0.2) is 0 Å². The molecule has 2 bridgehead atoms. The molecular weight excluding hydrogens is 212 g/mol. The van der Waals surface area contributed by atoms with Crippen molar-refractivity contribution in [3.63, 3.8) is 0 Å². The Balaban J connectivity index is 1.84. The molecule has 1 aliphatic heterocycles. The van der Waals surface area contributed by atoms with Crippen LogP contribution in [0.3, 0.4) is 0 Å². The van der Waals surface area contributed by atoms with Crippen LogP contribution in [0.15, 0.2) is 0 Å². The molecule has 0 aromatic rings. The lowest BCUT2D eigenvalue weighted by atomic mass is 9.76. The zero-order chi connectivity index (χ0) is 11.9. The van der Waals surface area contributed by atoms with Crippen molar-refractivity contribution in [1.29, 1.82) is 0 Å². The Morgan fingerprint density at radius 1 is 1.29 bits per heavy atom. The highest BCUT2D eigenvalue weighted by molar-refractivity contribution is 5.08. The quantitative estimate of drug-likeness (QED) is 0.814. The van der Waals surface area contributed by atoms with Crippen molar-refractivity contribution in [1.82, 2.24) is 4.90 Å². The summed E-state index contributed by atoms with van der Waals surface area (Å²) in [5.74, 6) is 0.947. The molecule has 3 heteroatoms. The molecule has 0 aromatic carbocycles. The van der Waals surface area contributed by atoms with Crippen LogP contribution in [0.2, 0.25) is 0 Å². The topological polar surface area (TPSA) is 38.5 Å². The summed E-state index contributed by atoms with van der Waals surface area (Å²) in [6.07, 6.45) is 9.68. The van der Waals surface area contributed by atoms with Crippen molar-refractivity contribution >= 4 is 0 Å². The van der Waals surface area contributed by atoms with Gasteiger partial charge in [-0.1, -0.05) is 12.8 Å². The molecule has 2 saturated carbocycles. The largest absolute Gasteiger partial charge is 0.379 e. The summed E-state index contributed by atoms with van der Waals surface area (Å²) in [5, 5.41) is 0. The molecule has 0 spiro atoms. The van der Waals surface area contributed by atoms with Gasteiger partial charge in [0.25, 0.3) is 0 Å². The summed E-state index contributed by atoms with van der Waals surface area (Å²) >= 11 is 0. The molecule has 2 N–H and O–H groups in total. The molecule has 3 fully saturated rings. The lowest BCUT2D eigenvalue weighted by Crippen LogP contribution is -2.64. The van der Waals surface area contributed by atoms with Crippen LogP contribution in [-0.4, -0.2) is 42.8 Å². The Hall–Kier alpha value is -0.120. The van der Waals surface area contributed by atoms with E-state index in [4.69, 9.17) is 10.5 Å². The summed E-state index contributed by atoms with van der Waals surface area (Å²) in [5.41, 5.74) is 6.35. The van der Waals surface area contributed by atoms with Crippen LogP contribution in [0, 0.1) is 5.92 Å². The zero-order valence-corrected chi connectivity index (χ0v) is 11.0. The number of nitrogens with zero attached hydrogens (tertiary/aromatic N) is 1. The maximum atomic E-state index is 6.19.